The largest absolute Gasteiger partial charge is 0.489 e. The zero-order chi connectivity index (χ0) is 20.4. The van der Waals surface area contributed by atoms with Crippen LogP contribution in [0, 0.1) is 0 Å². The first kappa shape index (κ1) is 23.0. The summed E-state index contributed by atoms with van der Waals surface area (Å²) >= 11 is 0. The lowest BCUT2D eigenvalue weighted by Crippen LogP contribution is -2.26. The number of halogens is 3. The van der Waals surface area contributed by atoms with Crippen LogP contribution in [0.5, 0.6) is 5.75 Å². The van der Waals surface area contributed by atoms with Crippen LogP contribution in [0.4, 0.5) is 13.2 Å². The van der Waals surface area contributed by atoms with Crippen LogP contribution in [-0.2, 0) is 17.3 Å². The fourth-order valence-electron chi connectivity index (χ4n) is 3.59. The SMILES string of the molecule is CCCCCCCCc1ccc(O[C@H]2CN[C@@H](COCO)C2)cc1C(F)(F)F. The molecule has 2 N–H and O–H groups in total. The summed E-state index contributed by atoms with van der Waals surface area (Å²) in [5.74, 6) is 0.245. The molecular weight excluding hydrogens is 371 g/mol. The van der Waals surface area contributed by atoms with Crippen LogP contribution in [0.3, 0.4) is 0 Å². The third-order valence-corrected chi connectivity index (χ3v) is 5.08. The molecule has 1 aliphatic heterocycles. The number of aryl methyl sites for hydroxylation is 1. The Bertz CT molecular complexity index is 581. The van der Waals surface area contributed by atoms with E-state index in [2.05, 4.69) is 12.2 Å². The Morgan fingerprint density at radius 1 is 1.14 bits per heavy atom. The number of unbranched alkanes of at least 4 members (excludes halogenated alkanes) is 5. The maximum Gasteiger partial charge on any atom is 0.416 e. The van der Waals surface area contributed by atoms with Crippen LogP contribution >= 0.6 is 0 Å². The summed E-state index contributed by atoms with van der Waals surface area (Å²) in [4.78, 5) is 0. The van der Waals surface area contributed by atoms with Crippen molar-refractivity contribution in [1.82, 2.24) is 5.32 Å². The highest BCUT2D eigenvalue weighted by atomic mass is 19.4. The molecule has 4 nitrogen and oxygen atoms in total. The van der Waals surface area contributed by atoms with Gasteiger partial charge in [-0.3, -0.25) is 0 Å². The van der Waals surface area contributed by atoms with Gasteiger partial charge in [-0.25, -0.2) is 0 Å². The molecule has 0 spiro atoms. The first-order chi connectivity index (χ1) is 13.4. The molecule has 0 aromatic heterocycles. The average Bonchev–Trinajstić information content (AvgIpc) is 3.10. The molecule has 1 fully saturated rings. The van der Waals surface area contributed by atoms with Gasteiger partial charge in [-0.05, 0) is 30.5 Å². The van der Waals surface area contributed by atoms with E-state index in [9.17, 15) is 13.2 Å². The van der Waals surface area contributed by atoms with Gasteiger partial charge in [-0.2, -0.15) is 13.2 Å². The molecule has 2 rings (SSSR count). The lowest BCUT2D eigenvalue weighted by Gasteiger charge is -2.18. The van der Waals surface area contributed by atoms with Gasteiger partial charge in [0, 0.05) is 19.0 Å². The smallest absolute Gasteiger partial charge is 0.416 e. The van der Waals surface area contributed by atoms with Gasteiger partial charge in [-0.15, -0.1) is 0 Å². The van der Waals surface area contributed by atoms with Gasteiger partial charge in [0.15, 0.2) is 0 Å². The predicted octanol–water partition coefficient (Wildman–Crippen LogP) is 4.68. The monoisotopic (exact) mass is 403 g/mol. The quantitative estimate of drug-likeness (QED) is 0.393. The van der Waals surface area contributed by atoms with Gasteiger partial charge < -0.3 is 19.9 Å². The molecule has 0 bridgehead atoms. The van der Waals surface area contributed by atoms with Crippen molar-refractivity contribution in [2.45, 2.75) is 76.6 Å². The number of ether oxygens (including phenoxy) is 2. The topological polar surface area (TPSA) is 50.7 Å². The third kappa shape index (κ3) is 7.60. The van der Waals surface area contributed by atoms with Gasteiger partial charge in [-0.1, -0.05) is 45.1 Å². The fourth-order valence-corrected chi connectivity index (χ4v) is 3.59. The molecule has 0 amide bonds. The van der Waals surface area contributed by atoms with Crippen molar-refractivity contribution < 1.29 is 27.8 Å². The summed E-state index contributed by atoms with van der Waals surface area (Å²) in [7, 11) is 0. The molecule has 160 valence electrons. The second kappa shape index (κ2) is 11.6. The summed E-state index contributed by atoms with van der Waals surface area (Å²) in [5.41, 5.74) is -0.251. The van der Waals surface area contributed by atoms with Crippen LogP contribution in [0.15, 0.2) is 18.2 Å². The first-order valence-corrected chi connectivity index (χ1v) is 10.2. The number of hydrogen-bond acceptors (Lipinski definition) is 4. The highest BCUT2D eigenvalue weighted by Gasteiger charge is 2.34. The van der Waals surface area contributed by atoms with E-state index in [4.69, 9.17) is 14.6 Å². The Hall–Kier alpha value is -1.31. The number of hydrogen-bond donors (Lipinski definition) is 2. The summed E-state index contributed by atoms with van der Waals surface area (Å²) in [6.07, 6.45) is 2.76. The molecule has 1 saturated heterocycles. The molecule has 1 heterocycles. The van der Waals surface area contributed by atoms with Crippen molar-refractivity contribution in [1.29, 1.82) is 0 Å². The van der Waals surface area contributed by atoms with Crippen molar-refractivity contribution in [3.63, 3.8) is 0 Å². The van der Waals surface area contributed by atoms with E-state index in [1.807, 2.05) is 0 Å². The van der Waals surface area contributed by atoms with Crippen molar-refractivity contribution in [3.05, 3.63) is 29.3 Å². The molecule has 0 saturated carbocycles. The van der Waals surface area contributed by atoms with Crippen LogP contribution < -0.4 is 10.1 Å². The second-order valence-electron chi connectivity index (χ2n) is 7.42. The van der Waals surface area contributed by atoms with Crippen molar-refractivity contribution >= 4 is 0 Å². The molecule has 1 aliphatic rings. The number of alkyl halides is 3. The zero-order valence-electron chi connectivity index (χ0n) is 16.6. The maximum atomic E-state index is 13.5. The van der Waals surface area contributed by atoms with Gasteiger partial charge in [0.05, 0.1) is 12.2 Å². The highest BCUT2D eigenvalue weighted by Crippen LogP contribution is 2.35. The Labute approximate surface area is 165 Å². The average molecular weight is 403 g/mol. The minimum Gasteiger partial charge on any atom is -0.489 e. The molecule has 1 aromatic carbocycles. The Morgan fingerprint density at radius 3 is 2.61 bits per heavy atom. The second-order valence-corrected chi connectivity index (χ2v) is 7.42. The Balaban J connectivity index is 1.92. The van der Waals surface area contributed by atoms with Crippen LogP contribution in [0.25, 0.3) is 0 Å². The van der Waals surface area contributed by atoms with Crippen molar-refractivity contribution in [2.24, 2.45) is 0 Å². The number of benzene rings is 1. The molecule has 0 unspecified atom stereocenters. The summed E-state index contributed by atoms with van der Waals surface area (Å²) in [6.45, 7) is 2.68. The first-order valence-electron chi connectivity index (χ1n) is 10.2. The van der Waals surface area contributed by atoms with E-state index in [1.54, 1.807) is 12.1 Å². The molecule has 0 radical (unpaired) electrons. The van der Waals surface area contributed by atoms with E-state index in [-0.39, 0.29) is 24.7 Å². The molecule has 2 atom stereocenters. The van der Waals surface area contributed by atoms with E-state index in [0.29, 0.717) is 31.6 Å². The summed E-state index contributed by atoms with van der Waals surface area (Å²) in [6, 6.07) is 4.36. The number of aliphatic hydroxyl groups is 1. The van der Waals surface area contributed by atoms with E-state index in [0.717, 1.165) is 38.2 Å². The zero-order valence-corrected chi connectivity index (χ0v) is 16.6. The van der Waals surface area contributed by atoms with Crippen molar-refractivity contribution in [3.8, 4) is 5.75 Å². The third-order valence-electron chi connectivity index (χ3n) is 5.08. The molecule has 0 aliphatic carbocycles. The maximum absolute atomic E-state index is 13.5. The molecular formula is C21H32F3NO3. The Kier molecular flexibility index (Phi) is 9.55. The lowest BCUT2D eigenvalue weighted by molar-refractivity contribution is -0.138. The van der Waals surface area contributed by atoms with Crippen LogP contribution in [0.1, 0.15) is 63.0 Å². The van der Waals surface area contributed by atoms with Crippen LogP contribution in [-0.4, -0.2) is 37.2 Å². The minimum atomic E-state index is -4.39. The standard InChI is InChI=1S/C21H32F3NO3/c1-2-3-4-5-6-7-8-16-9-10-18(12-20(16)21(22,23)24)28-19-11-17(25-13-19)14-27-15-26/h9-10,12,17,19,25-26H,2-8,11,13-15H2,1H3/t17-,19-/m1/s1. The molecule has 1 aromatic rings. The minimum absolute atomic E-state index is 0.0335. The van der Waals surface area contributed by atoms with E-state index in [1.165, 1.54) is 6.42 Å². The van der Waals surface area contributed by atoms with E-state index < -0.39 is 11.7 Å². The number of aliphatic hydroxyl groups excluding tert-OH is 1. The van der Waals surface area contributed by atoms with Gasteiger partial charge in [0.1, 0.15) is 18.6 Å². The molecule has 28 heavy (non-hydrogen) atoms. The molecule has 7 heteroatoms. The lowest BCUT2D eigenvalue weighted by atomic mass is 9.99. The fraction of sp³-hybridized carbons (Fsp3) is 0.714. The summed E-state index contributed by atoms with van der Waals surface area (Å²) in [5, 5.41) is 11.9. The number of rotatable bonds is 12. The highest BCUT2D eigenvalue weighted by molar-refractivity contribution is 5.38. The van der Waals surface area contributed by atoms with Gasteiger partial charge in [0.25, 0.3) is 0 Å². The van der Waals surface area contributed by atoms with Crippen molar-refractivity contribution in [2.75, 3.05) is 19.9 Å². The van der Waals surface area contributed by atoms with E-state index >= 15 is 0 Å². The Morgan fingerprint density at radius 2 is 1.89 bits per heavy atom. The van der Waals surface area contributed by atoms with Gasteiger partial charge in [0.2, 0.25) is 0 Å². The number of nitrogens with one attached hydrogen (secondary N) is 1. The van der Waals surface area contributed by atoms with Gasteiger partial charge >= 0.3 is 6.18 Å². The normalized spacial score (nSPS) is 19.9. The predicted molar refractivity (Wildman–Crippen MR) is 102 cm³/mol. The summed E-state index contributed by atoms with van der Waals surface area (Å²) < 4.78 is 51.3. The van der Waals surface area contributed by atoms with Crippen LogP contribution in [0.2, 0.25) is 0 Å².